The predicted molar refractivity (Wildman–Crippen MR) is 101 cm³/mol. The van der Waals surface area contributed by atoms with Gasteiger partial charge in [0.1, 0.15) is 6.10 Å². The second kappa shape index (κ2) is 7.82. The van der Waals surface area contributed by atoms with Gasteiger partial charge in [-0.15, -0.1) is 0 Å². The van der Waals surface area contributed by atoms with Crippen molar-refractivity contribution in [2.75, 3.05) is 26.3 Å². The largest absolute Gasteiger partial charge is 0.458 e. The quantitative estimate of drug-likeness (QED) is 0.807. The zero-order valence-electron chi connectivity index (χ0n) is 15.0. The fraction of sp³-hybridized carbons (Fsp3) is 0.450. The summed E-state index contributed by atoms with van der Waals surface area (Å²) in [6.07, 6.45) is 5.08. The van der Waals surface area contributed by atoms with E-state index in [-0.39, 0.29) is 12.0 Å². The molecule has 1 amide bonds. The fourth-order valence-corrected chi connectivity index (χ4v) is 4.02. The fourth-order valence-electron chi connectivity index (χ4n) is 3.92. The van der Waals surface area contributed by atoms with Crippen molar-refractivity contribution >= 4 is 17.5 Å². The first-order valence-corrected chi connectivity index (χ1v) is 9.62. The van der Waals surface area contributed by atoms with Crippen molar-refractivity contribution in [1.82, 2.24) is 14.9 Å². The van der Waals surface area contributed by atoms with Gasteiger partial charge in [0.25, 0.3) is 0 Å². The Labute approximate surface area is 163 Å². The van der Waals surface area contributed by atoms with E-state index in [1.165, 1.54) is 12.4 Å². The molecule has 142 valence electrons. The predicted octanol–water partition coefficient (Wildman–Crippen LogP) is 2.86. The second-order valence-electron chi connectivity index (χ2n) is 7.02. The summed E-state index contributed by atoms with van der Waals surface area (Å²) < 4.78 is 11.4. The maximum atomic E-state index is 13.5. The van der Waals surface area contributed by atoms with E-state index >= 15 is 0 Å². The highest BCUT2D eigenvalue weighted by molar-refractivity contribution is 6.30. The number of benzene rings is 1. The summed E-state index contributed by atoms with van der Waals surface area (Å²) in [4.78, 5) is 23.6. The van der Waals surface area contributed by atoms with Gasteiger partial charge < -0.3 is 14.4 Å². The van der Waals surface area contributed by atoms with Crippen LogP contribution in [0.15, 0.2) is 42.7 Å². The van der Waals surface area contributed by atoms with E-state index in [4.69, 9.17) is 21.1 Å². The summed E-state index contributed by atoms with van der Waals surface area (Å²) in [6, 6.07) is 10.4. The Kier molecular flexibility index (Phi) is 5.27. The van der Waals surface area contributed by atoms with Crippen LogP contribution in [0, 0.1) is 0 Å². The van der Waals surface area contributed by atoms with Gasteiger partial charge in [-0.3, -0.25) is 4.79 Å². The van der Waals surface area contributed by atoms with E-state index in [9.17, 15) is 4.79 Å². The van der Waals surface area contributed by atoms with Gasteiger partial charge in [-0.25, -0.2) is 9.97 Å². The molecule has 0 bridgehead atoms. The van der Waals surface area contributed by atoms with Gasteiger partial charge >= 0.3 is 6.01 Å². The molecule has 0 radical (unpaired) electrons. The lowest BCUT2D eigenvalue weighted by molar-refractivity contribution is -0.140. The Bertz CT molecular complexity index is 779. The number of likely N-dealkylation sites (tertiary alicyclic amines) is 1. The van der Waals surface area contributed by atoms with Crippen molar-refractivity contribution in [3.8, 4) is 6.01 Å². The van der Waals surface area contributed by atoms with Crippen LogP contribution in [0.1, 0.15) is 24.8 Å². The molecule has 2 aromatic rings. The lowest BCUT2D eigenvalue weighted by atomic mass is 9.73. The van der Waals surface area contributed by atoms with Gasteiger partial charge in [0.05, 0.1) is 29.4 Å². The molecule has 27 heavy (non-hydrogen) atoms. The minimum absolute atomic E-state index is 0.109. The van der Waals surface area contributed by atoms with Gasteiger partial charge in [0, 0.05) is 26.2 Å². The minimum Gasteiger partial charge on any atom is -0.458 e. The van der Waals surface area contributed by atoms with Crippen molar-refractivity contribution in [3.63, 3.8) is 0 Å². The lowest BCUT2D eigenvalue weighted by Crippen LogP contribution is -2.49. The standard InChI is InChI=1S/C20H22ClN3O3/c21-16-12-22-19(23-13-16)27-17-6-9-24(14-17)18(25)20(7-10-26-11-8-20)15-4-2-1-3-5-15/h1-5,12-13,17H,6-11,14H2/t17-/m1/s1. The summed E-state index contributed by atoms with van der Waals surface area (Å²) in [5, 5.41) is 0.467. The maximum Gasteiger partial charge on any atom is 0.316 e. The highest BCUT2D eigenvalue weighted by Gasteiger charge is 2.45. The van der Waals surface area contributed by atoms with Crippen molar-refractivity contribution < 1.29 is 14.3 Å². The van der Waals surface area contributed by atoms with Crippen molar-refractivity contribution in [2.45, 2.75) is 30.8 Å². The minimum atomic E-state index is -0.509. The smallest absolute Gasteiger partial charge is 0.316 e. The number of rotatable bonds is 4. The molecule has 0 N–H and O–H groups in total. The van der Waals surface area contributed by atoms with Crippen LogP contribution in [0.4, 0.5) is 0 Å². The number of carbonyl (C=O) groups is 1. The second-order valence-corrected chi connectivity index (χ2v) is 7.46. The Morgan fingerprint density at radius 3 is 2.59 bits per heavy atom. The number of aromatic nitrogens is 2. The number of hydrogen-bond acceptors (Lipinski definition) is 5. The van der Waals surface area contributed by atoms with Crippen LogP contribution in [0.2, 0.25) is 5.02 Å². The van der Waals surface area contributed by atoms with E-state index in [0.29, 0.717) is 50.2 Å². The molecule has 0 spiro atoms. The highest BCUT2D eigenvalue weighted by Crippen LogP contribution is 2.37. The van der Waals surface area contributed by atoms with Crippen LogP contribution in [0.3, 0.4) is 0 Å². The summed E-state index contributed by atoms with van der Waals surface area (Å²) in [6.45, 7) is 2.42. The molecule has 6 nitrogen and oxygen atoms in total. The molecular weight excluding hydrogens is 366 g/mol. The van der Waals surface area contributed by atoms with Crippen LogP contribution in [-0.4, -0.2) is 53.2 Å². The first-order chi connectivity index (χ1) is 13.2. The zero-order valence-corrected chi connectivity index (χ0v) is 15.8. The average Bonchev–Trinajstić information content (AvgIpc) is 3.19. The van der Waals surface area contributed by atoms with Crippen molar-refractivity contribution in [1.29, 1.82) is 0 Å². The van der Waals surface area contributed by atoms with Crippen LogP contribution >= 0.6 is 11.6 Å². The zero-order chi connectivity index (χ0) is 18.7. The van der Waals surface area contributed by atoms with Crippen LogP contribution in [0.25, 0.3) is 0 Å². The molecular formula is C20H22ClN3O3. The molecule has 0 aliphatic carbocycles. The molecule has 0 unspecified atom stereocenters. The summed E-state index contributed by atoms with van der Waals surface area (Å²) >= 11 is 5.81. The van der Waals surface area contributed by atoms with E-state index in [2.05, 4.69) is 22.1 Å². The van der Waals surface area contributed by atoms with Crippen LogP contribution in [-0.2, 0) is 14.9 Å². The molecule has 0 saturated carbocycles. The van der Waals surface area contributed by atoms with E-state index in [1.807, 2.05) is 23.1 Å². The first-order valence-electron chi connectivity index (χ1n) is 9.24. The molecule has 3 heterocycles. The lowest BCUT2D eigenvalue weighted by Gasteiger charge is -2.39. The van der Waals surface area contributed by atoms with E-state index in [1.54, 1.807) is 0 Å². The molecule has 1 aromatic heterocycles. The van der Waals surface area contributed by atoms with E-state index in [0.717, 1.165) is 12.0 Å². The summed E-state index contributed by atoms with van der Waals surface area (Å²) in [5.74, 6) is 0.167. The summed E-state index contributed by atoms with van der Waals surface area (Å²) in [5.41, 5.74) is 0.564. The number of nitrogens with zero attached hydrogens (tertiary/aromatic N) is 3. The SMILES string of the molecule is O=C(N1CC[C@@H](Oc2ncc(Cl)cn2)C1)C1(c2ccccc2)CCOCC1. The third-order valence-electron chi connectivity index (χ3n) is 5.38. The molecule has 2 fully saturated rings. The highest BCUT2D eigenvalue weighted by atomic mass is 35.5. The van der Waals surface area contributed by atoms with Crippen LogP contribution < -0.4 is 4.74 Å². The average molecular weight is 388 g/mol. The van der Waals surface area contributed by atoms with E-state index < -0.39 is 5.41 Å². The number of carbonyl (C=O) groups excluding carboxylic acids is 1. The summed E-state index contributed by atoms with van der Waals surface area (Å²) in [7, 11) is 0. The molecule has 4 rings (SSSR count). The Morgan fingerprint density at radius 1 is 1.19 bits per heavy atom. The Morgan fingerprint density at radius 2 is 1.89 bits per heavy atom. The number of halogens is 1. The molecule has 2 aliphatic rings. The van der Waals surface area contributed by atoms with Gasteiger partial charge in [-0.1, -0.05) is 41.9 Å². The third-order valence-corrected chi connectivity index (χ3v) is 5.58. The van der Waals surface area contributed by atoms with Crippen LogP contribution in [0.5, 0.6) is 6.01 Å². The molecule has 2 aliphatic heterocycles. The third kappa shape index (κ3) is 3.77. The van der Waals surface area contributed by atoms with Gasteiger partial charge in [0.15, 0.2) is 0 Å². The maximum absolute atomic E-state index is 13.5. The Balaban J connectivity index is 1.48. The molecule has 1 atom stereocenters. The molecule has 2 saturated heterocycles. The normalized spacial score (nSPS) is 21.8. The van der Waals surface area contributed by atoms with Gasteiger partial charge in [0.2, 0.25) is 5.91 Å². The number of amides is 1. The van der Waals surface area contributed by atoms with Crippen molar-refractivity contribution in [3.05, 3.63) is 53.3 Å². The number of hydrogen-bond donors (Lipinski definition) is 0. The molecule has 7 heteroatoms. The molecule has 1 aromatic carbocycles. The Hall–Kier alpha value is -2.18. The van der Waals surface area contributed by atoms with Gasteiger partial charge in [-0.05, 0) is 18.4 Å². The monoisotopic (exact) mass is 387 g/mol. The first kappa shape index (κ1) is 18.2. The van der Waals surface area contributed by atoms with Gasteiger partial charge in [-0.2, -0.15) is 0 Å². The van der Waals surface area contributed by atoms with Crippen molar-refractivity contribution in [2.24, 2.45) is 0 Å². The topological polar surface area (TPSA) is 64.6 Å². The number of ether oxygens (including phenoxy) is 2.